The van der Waals surface area contributed by atoms with Crippen LogP contribution in [0.1, 0.15) is 85.0 Å². The molecule has 10 atom stereocenters. The van der Waals surface area contributed by atoms with E-state index in [1.807, 2.05) is 0 Å². The van der Waals surface area contributed by atoms with Crippen LogP contribution < -0.4 is 5.32 Å². The van der Waals surface area contributed by atoms with Crippen LogP contribution in [-0.2, 0) is 14.9 Å². The molecule has 0 aromatic heterocycles. The number of hydrogen-bond donors (Lipinski definition) is 4. The highest BCUT2D eigenvalue weighted by Crippen LogP contribution is 2.68. The molecule has 0 aromatic rings. The Morgan fingerprint density at radius 1 is 1.03 bits per heavy atom. The van der Waals surface area contributed by atoms with Crippen LogP contribution >= 0.6 is 0 Å². The first-order valence-electron chi connectivity index (χ1n) is 13.4. The zero-order valence-electron chi connectivity index (χ0n) is 21.1. The molecule has 1 amide bonds. The Morgan fingerprint density at radius 2 is 1.71 bits per heavy atom. The molecule has 0 saturated heterocycles. The van der Waals surface area contributed by atoms with E-state index in [2.05, 4.69) is 26.1 Å². The summed E-state index contributed by atoms with van der Waals surface area (Å²) in [6.07, 6.45) is 8.87. The number of aliphatic hydroxyl groups excluding tert-OH is 2. The summed E-state index contributed by atoms with van der Waals surface area (Å²) in [4.78, 5) is 12.2. The molecular weight excluding hydrogens is 454 g/mol. The maximum atomic E-state index is 12.2. The SMILES string of the molecule is C[C@H](CCC(=O)NCCS(=O)(=O)O)[C@H]1CCC2C3C(O)C[C@@H]4C[C@H](O)CC[C@]4(C)C3CC[C@@]21C. The van der Waals surface area contributed by atoms with Gasteiger partial charge in [0.2, 0.25) is 5.91 Å². The van der Waals surface area contributed by atoms with Gasteiger partial charge in [0.05, 0.1) is 18.0 Å². The third-order valence-electron chi connectivity index (χ3n) is 10.9. The molecule has 34 heavy (non-hydrogen) atoms. The van der Waals surface area contributed by atoms with Gasteiger partial charge in [-0.05, 0) is 104 Å². The van der Waals surface area contributed by atoms with E-state index in [-0.39, 0.29) is 35.5 Å². The first-order valence-corrected chi connectivity index (χ1v) is 15.0. The number of rotatable bonds is 7. The summed E-state index contributed by atoms with van der Waals surface area (Å²) in [7, 11) is -4.06. The predicted molar refractivity (Wildman–Crippen MR) is 130 cm³/mol. The third kappa shape index (κ3) is 4.94. The molecular formula is C26H45NO6S. The molecule has 8 heteroatoms. The monoisotopic (exact) mass is 499 g/mol. The van der Waals surface area contributed by atoms with Crippen LogP contribution in [0.15, 0.2) is 0 Å². The lowest BCUT2D eigenvalue weighted by molar-refractivity contribution is -0.174. The summed E-state index contributed by atoms with van der Waals surface area (Å²) in [6.45, 7) is 7.05. The van der Waals surface area contributed by atoms with Gasteiger partial charge >= 0.3 is 0 Å². The second-order valence-corrected chi connectivity index (χ2v) is 14.2. The molecule has 4 unspecified atom stereocenters. The van der Waals surface area contributed by atoms with Gasteiger partial charge in [0, 0.05) is 13.0 Å². The highest BCUT2D eigenvalue weighted by Gasteiger charge is 2.62. The smallest absolute Gasteiger partial charge is 0.266 e. The van der Waals surface area contributed by atoms with Gasteiger partial charge in [-0.15, -0.1) is 0 Å². The molecule has 0 aromatic carbocycles. The number of hydrogen-bond acceptors (Lipinski definition) is 5. The van der Waals surface area contributed by atoms with Crippen LogP contribution in [0.25, 0.3) is 0 Å². The van der Waals surface area contributed by atoms with Gasteiger partial charge in [0.15, 0.2) is 0 Å². The molecule has 196 valence electrons. The number of amides is 1. The molecule has 0 heterocycles. The van der Waals surface area contributed by atoms with E-state index in [1.165, 1.54) is 6.42 Å². The molecule has 4 aliphatic rings. The van der Waals surface area contributed by atoms with Crippen molar-refractivity contribution in [2.45, 2.75) is 97.2 Å². The zero-order chi connectivity index (χ0) is 24.9. The lowest BCUT2D eigenvalue weighted by Gasteiger charge is -2.62. The Balaban J connectivity index is 1.39. The number of nitrogens with one attached hydrogen (secondary N) is 1. The quantitative estimate of drug-likeness (QED) is 0.398. The maximum Gasteiger partial charge on any atom is 0.266 e. The normalized spacial score (nSPS) is 45.1. The summed E-state index contributed by atoms with van der Waals surface area (Å²) in [6, 6.07) is 0. The number of aliphatic hydroxyl groups is 2. The molecule has 4 rings (SSSR count). The number of carbonyl (C=O) groups is 1. The van der Waals surface area contributed by atoms with E-state index >= 15 is 0 Å². The Morgan fingerprint density at radius 3 is 2.41 bits per heavy atom. The van der Waals surface area contributed by atoms with Crippen molar-refractivity contribution in [3.8, 4) is 0 Å². The maximum absolute atomic E-state index is 12.2. The Kier molecular flexibility index (Phi) is 7.47. The predicted octanol–water partition coefficient (Wildman–Crippen LogP) is 3.40. The van der Waals surface area contributed by atoms with Gasteiger partial charge in [-0.2, -0.15) is 8.42 Å². The highest BCUT2D eigenvalue weighted by molar-refractivity contribution is 7.85. The topological polar surface area (TPSA) is 124 Å². The van der Waals surface area contributed by atoms with E-state index < -0.39 is 15.9 Å². The molecule has 4 saturated carbocycles. The van der Waals surface area contributed by atoms with Gasteiger partial charge in [-0.25, -0.2) is 0 Å². The van der Waals surface area contributed by atoms with Crippen molar-refractivity contribution in [2.75, 3.05) is 12.3 Å². The van der Waals surface area contributed by atoms with Crippen LogP contribution in [-0.4, -0.2) is 53.6 Å². The van der Waals surface area contributed by atoms with E-state index in [1.54, 1.807) is 0 Å². The fourth-order valence-corrected chi connectivity index (χ4v) is 9.50. The van der Waals surface area contributed by atoms with Crippen LogP contribution in [0, 0.1) is 46.3 Å². The van der Waals surface area contributed by atoms with Gasteiger partial charge < -0.3 is 15.5 Å². The van der Waals surface area contributed by atoms with E-state index in [4.69, 9.17) is 4.55 Å². The third-order valence-corrected chi connectivity index (χ3v) is 11.6. The molecule has 4 fully saturated rings. The molecule has 0 spiro atoms. The summed E-state index contributed by atoms with van der Waals surface area (Å²) >= 11 is 0. The van der Waals surface area contributed by atoms with Crippen LogP contribution in [0.5, 0.6) is 0 Å². The van der Waals surface area contributed by atoms with Gasteiger partial charge in [0.25, 0.3) is 10.1 Å². The van der Waals surface area contributed by atoms with E-state index in [9.17, 15) is 23.4 Å². The largest absolute Gasteiger partial charge is 0.393 e. The van der Waals surface area contributed by atoms with Crippen molar-refractivity contribution in [2.24, 2.45) is 46.3 Å². The molecule has 4 N–H and O–H groups in total. The summed E-state index contributed by atoms with van der Waals surface area (Å²) in [5.41, 5.74) is 0.411. The fraction of sp³-hybridized carbons (Fsp3) is 0.962. The van der Waals surface area contributed by atoms with Gasteiger partial charge in [0.1, 0.15) is 0 Å². The van der Waals surface area contributed by atoms with Crippen LogP contribution in [0.2, 0.25) is 0 Å². The standard InChI is InChI=1S/C26H45NO6S/c1-16(4-7-23(30)27-12-13-34(31,32)33)19-5-6-20-24-21(9-11-26(19,20)3)25(2)10-8-18(28)14-17(25)15-22(24)29/h16-22,24,28-29H,4-15H2,1-3H3,(H,27,30)(H,31,32,33)/t16-,17+,18-,19-,20?,21?,22?,24?,25+,26-/m1/s1. The van der Waals surface area contributed by atoms with Crippen molar-refractivity contribution in [3.63, 3.8) is 0 Å². The highest BCUT2D eigenvalue weighted by atomic mass is 32.2. The zero-order valence-corrected chi connectivity index (χ0v) is 21.9. The molecule has 0 radical (unpaired) electrons. The average Bonchev–Trinajstić information content (AvgIpc) is 3.09. The molecule has 4 aliphatic carbocycles. The Bertz CT molecular complexity index is 863. The van der Waals surface area contributed by atoms with Crippen molar-refractivity contribution in [1.29, 1.82) is 0 Å². The summed E-state index contributed by atoms with van der Waals surface area (Å²) in [5.74, 6) is 2.10. The minimum atomic E-state index is -4.06. The second kappa shape index (κ2) is 9.64. The fourth-order valence-electron chi connectivity index (χ4n) is 9.14. The average molecular weight is 500 g/mol. The molecule has 7 nitrogen and oxygen atoms in total. The first kappa shape index (κ1) is 26.4. The molecule has 0 aliphatic heterocycles. The minimum Gasteiger partial charge on any atom is -0.393 e. The van der Waals surface area contributed by atoms with Crippen LogP contribution in [0.4, 0.5) is 0 Å². The summed E-state index contributed by atoms with van der Waals surface area (Å²) < 4.78 is 30.5. The van der Waals surface area contributed by atoms with E-state index in [0.29, 0.717) is 41.9 Å². The van der Waals surface area contributed by atoms with Crippen molar-refractivity contribution in [1.82, 2.24) is 5.32 Å². The first-order chi connectivity index (χ1) is 15.8. The Labute approximate surface area is 205 Å². The lowest BCUT2D eigenvalue weighted by atomic mass is 9.43. The van der Waals surface area contributed by atoms with Gasteiger partial charge in [-0.1, -0.05) is 20.8 Å². The van der Waals surface area contributed by atoms with Crippen LogP contribution in [0.3, 0.4) is 0 Å². The second-order valence-electron chi connectivity index (χ2n) is 12.6. The minimum absolute atomic E-state index is 0.0625. The number of carbonyl (C=O) groups excluding carboxylic acids is 1. The number of fused-ring (bicyclic) bond motifs is 5. The molecule has 0 bridgehead atoms. The summed E-state index contributed by atoms with van der Waals surface area (Å²) in [5, 5.41) is 24.2. The van der Waals surface area contributed by atoms with Crippen molar-refractivity contribution < 1.29 is 28.0 Å². The van der Waals surface area contributed by atoms with E-state index in [0.717, 1.165) is 51.4 Å². The van der Waals surface area contributed by atoms with Gasteiger partial charge in [-0.3, -0.25) is 9.35 Å². The lowest BCUT2D eigenvalue weighted by Crippen LogP contribution is -2.58. The Hall–Kier alpha value is -0.700. The van der Waals surface area contributed by atoms with Crippen molar-refractivity contribution in [3.05, 3.63) is 0 Å². The van der Waals surface area contributed by atoms with Crippen molar-refractivity contribution >= 4 is 16.0 Å².